The Morgan fingerprint density at radius 1 is 0.349 bits per heavy atom. The van der Waals surface area contributed by atoms with Gasteiger partial charge in [-0.1, -0.05) is 214 Å². The molecule has 0 amide bonds. The highest BCUT2D eigenvalue weighted by Crippen LogP contribution is 2.13. The van der Waals surface area contributed by atoms with Crippen molar-refractivity contribution in [2.45, 2.75) is 219 Å². The van der Waals surface area contributed by atoms with E-state index in [1.807, 2.05) is 54.7 Å². The average molecular weight is 873 g/mol. The van der Waals surface area contributed by atoms with Crippen LogP contribution in [0.4, 0.5) is 0 Å². The molecule has 0 aliphatic heterocycles. The number of allylic oxidation sites excluding steroid dienone is 18. The van der Waals surface area contributed by atoms with Gasteiger partial charge in [-0.3, -0.25) is 14.4 Å². The van der Waals surface area contributed by atoms with Gasteiger partial charge in [0.2, 0.25) is 0 Å². The van der Waals surface area contributed by atoms with Gasteiger partial charge in [0.15, 0.2) is 6.10 Å². The zero-order chi connectivity index (χ0) is 45.8. The summed E-state index contributed by atoms with van der Waals surface area (Å²) < 4.78 is 16.7. The van der Waals surface area contributed by atoms with Gasteiger partial charge in [0, 0.05) is 19.3 Å². The molecule has 0 saturated carbocycles. The van der Waals surface area contributed by atoms with E-state index in [4.69, 9.17) is 14.2 Å². The minimum atomic E-state index is -0.827. The minimum Gasteiger partial charge on any atom is -0.462 e. The summed E-state index contributed by atoms with van der Waals surface area (Å²) in [4.78, 5) is 37.9. The van der Waals surface area contributed by atoms with E-state index in [2.05, 4.69) is 75.5 Å². The van der Waals surface area contributed by atoms with Gasteiger partial charge in [0.05, 0.1) is 0 Å². The molecule has 0 aliphatic rings. The second-order valence-corrected chi connectivity index (χ2v) is 16.5. The number of hydrogen-bond donors (Lipinski definition) is 0. The van der Waals surface area contributed by atoms with Crippen molar-refractivity contribution in [3.05, 3.63) is 109 Å². The van der Waals surface area contributed by atoms with Gasteiger partial charge < -0.3 is 14.2 Å². The van der Waals surface area contributed by atoms with Crippen molar-refractivity contribution in [2.24, 2.45) is 0 Å². The van der Waals surface area contributed by atoms with Crippen molar-refractivity contribution in [3.8, 4) is 0 Å². The van der Waals surface area contributed by atoms with Crippen LogP contribution in [0.5, 0.6) is 0 Å². The summed E-state index contributed by atoms with van der Waals surface area (Å²) >= 11 is 0. The second kappa shape index (κ2) is 50.7. The molecule has 0 rings (SSSR count). The summed E-state index contributed by atoms with van der Waals surface area (Å²) in [6.45, 7) is 6.35. The molecule has 0 fully saturated rings. The molecular formula is C57H92O6. The SMILES string of the molecule is CC/C=C/C=C/C=C/C=C/C=C/CCCCCC(=O)OC(COC(=O)CC/C=C/C/C=C/CCCCCCCC)COC(=O)CCCCCCCCC/C=C/C/C=C/CCCCC. The van der Waals surface area contributed by atoms with Crippen LogP contribution in [0.25, 0.3) is 0 Å². The van der Waals surface area contributed by atoms with Crippen molar-refractivity contribution in [1.29, 1.82) is 0 Å². The largest absolute Gasteiger partial charge is 0.462 e. The van der Waals surface area contributed by atoms with E-state index in [-0.39, 0.29) is 44.0 Å². The number of carbonyl (C=O) groups excluding carboxylic acids is 3. The zero-order valence-corrected chi connectivity index (χ0v) is 40.5. The Bertz CT molecular complexity index is 1330. The summed E-state index contributed by atoms with van der Waals surface area (Å²) in [5.41, 5.74) is 0. The summed E-state index contributed by atoms with van der Waals surface area (Å²) in [5, 5.41) is 0. The number of carbonyl (C=O) groups is 3. The van der Waals surface area contributed by atoms with Gasteiger partial charge in [-0.25, -0.2) is 0 Å². The van der Waals surface area contributed by atoms with Crippen LogP contribution in [-0.4, -0.2) is 37.2 Å². The molecule has 6 heteroatoms. The van der Waals surface area contributed by atoms with E-state index >= 15 is 0 Å². The van der Waals surface area contributed by atoms with Gasteiger partial charge in [0.25, 0.3) is 0 Å². The third-order valence-corrected chi connectivity index (χ3v) is 10.4. The van der Waals surface area contributed by atoms with Gasteiger partial charge >= 0.3 is 17.9 Å². The molecule has 63 heavy (non-hydrogen) atoms. The highest BCUT2D eigenvalue weighted by atomic mass is 16.6. The minimum absolute atomic E-state index is 0.119. The molecule has 0 radical (unpaired) electrons. The van der Waals surface area contributed by atoms with E-state index in [0.29, 0.717) is 19.3 Å². The first-order valence-electron chi connectivity index (χ1n) is 25.5. The molecule has 356 valence electrons. The van der Waals surface area contributed by atoms with E-state index in [1.54, 1.807) is 0 Å². The summed E-state index contributed by atoms with van der Waals surface area (Å²) in [5.74, 6) is -1.05. The molecule has 0 aliphatic carbocycles. The molecule has 0 aromatic heterocycles. The second-order valence-electron chi connectivity index (χ2n) is 16.5. The molecule has 0 aromatic rings. The number of ether oxygens (including phenoxy) is 3. The standard InChI is InChI=1S/C57H92O6/c1-4-7-10-13-16-19-22-25-27-28-30-32-35-38-41-44-47-50-56(59)62-53-54(52-61-55(58)49-46-43-40-37-34-31-24-21-18-15-12-9-6-3)63-57(60)51-48-45-42-39-36-33-29-26-23-20-17-14-11-8-5-2/h8,11,14,16-17,19-20,23,25-27,29,31,33-34,36,40,43,54H,4-7,9-10,12-13,15,18,21-22,24,28,30,32,35,37-39,41-42,44-53H2,1-3H3/b11-8+,17-14+,19-16+,23-20+,27-25+,29-26+,34-31+,36-33+,43-40+. The fraction of sp³-hybridized carbons (Fsp3) is 0.632. The Morgan fingerprint density at radius 2 is 0.714 bits per heavy atom. The van der Waals surface area contributed by atoms with E-state index in [1.165, 1.54) is 89.9 Å². The zero-order valence-electron chi connectivity index (χ0n) is 40.5. The number of rotatable bonds is 44. The molecule has 6 nitrogen and oxygen atoms in total. The maximum Gasteiger partial charge on any atom is 0.306 e. The van der Waals surface area contributed by atoms with Crippen LogP contribution in [0.3, 0.4) is 0 Å². The molecule has 0 N–H and O–H groups in total. The first kappa shape index (κ1) is 59.1. The molecule has 1 atom stereocenters. The maximum atomic E-state index is 12.8. The molecule has 0 heterocycles. The number of esters is 3. The van der Waals surface area contributed by atoms with E-state index in [9.17, 15) is 14.4 Å². The van der Waals surface area contributed by atoms with Gasteiger partial charge in [-0.15, -0.1) is 0 Å². The third-order valence-electron chi connectivity index (χ3n) is 10.4. The van der Waals surface area contributed by atoms with Gasteiger partial charge in [-0.05, 0) is 89.9 Å². The van der Waals surface area contributed by atoms with Crippen molar-refractivity contribution in [1.82, 2.24) is 0 Å². The lowest BCUT2D eigenvalue weighted by Gasteiger charge is -2.18. The molecule has 0 bridgehead atoms. The maximum absolute atomic E-state index is 12.8. The lowest BCUT2D eigenvalue weighted by molar-refractivity contribution is -0.166. The fourth-order valence-electron chi connectivity index (χ4n) is 6.54. The lowest BCUT2D eigenvalue weighted by atomic mass is 10.1. The van der Waals surface area contributed by atoms with Crippen molar-refractivity contribution in [2.75, 3.05) is 13.2 Å². The van der Waals surface area contributed by atoms with Crippen LogP contribution in [0.2, 0.25) is 0 Å². The highest BCUT2D eigenvalue weighted by Gasteiger charge is 2.19. The van der Waals surface area contributed by atoms with Crippen molar-refractivity contribution < 1.29 is 28.6 Å². The Balaban J connectivity index is 4.54. The Labute approximate surface area is 387 Å². The fourth-order valence-corrected chi connectivity index (χ4v) is 6.54. The third kappa shape index (κ3) is 49.0. The number of hydrogen-bond acceptors (Lipinski definition) is 6. The molecule has 1 unspecified atom stereocenters. The Kier molecular flexibility index (Phi) is 47.5. The average Bonchev–Trinajstić information content (AvgIpc) is 3.28. The molecule has 0 saturated heterocycles. The van der Waals surface area contributed by atoms with Crippen molar-refractivity contribution in [3.63, 3.8) is 0 Å². The predicted molar refractivity (Wildman–Crippen MR) is 270 cm³/mol. The molecule has 0 aromatic carbocycles. The first-order chi connectivity index (χ1) is 31.0. The predicted octanol–water partition coefficient (Wildman–Crippen LogP) is 16.8. The summed E-state index contributed by atoms with van der Waals surface area (Å²) in [7, 11) is 0. The smallest absolute Gasteiger partial charge is 0.306 e. The normalized spacial score (nSPS) is 13.0. The van der Waals surface area contributed by atoms with Crippen LogP contribution in [0.1, 0.15) is 213 Å². The van der Waals surface area contributed by atoms with Gasteiger partial charge in [-0.2, -0.15) is 0 Å². The lowest BCUT2D eigenvalue weighted by Crippen LogP contribution is -2.30. The molecule has 0 spiro atoms. The van der Waals surface area contributed by atoms with E-state index < -0.39 is 6.10 Å². The quantitative estimate of drug-likeness (QED) is 0.0199. The summed E-state index contributed by atoms with van der Waals surface area (Å²) in [6.07, 6.45) is 67.9. The van der Waals surface area contributed by atoms with Crippen LogP contribution >= 0.6 is 0 Å². The van der Waals surface area contributed by atoms with Crippen LogP contribution < -0.4 is 0 Å². The first-order valence-corrected chi connectivity index (χ1v) is 25.5. The van der Waals surface area contributed by atoms with Crippen LogP contribution in [-0.2, 0) is 28.6 Å². The van der Waals surface area contributed by atoms with Crippen molar-refractivity contribution >= 4 is 17.9 Å². The summed E-state index contributed by atoms with van der Waals surface area (Å²) in [6, 6.07) is 0. The van der Waals surface area contributed by atoms with E-state index in [0.717, 1.165) is 70.6 Å². The van der Waals surface area contributed by atoms with Crippen LogP contribution in [0.15, 0.2) is 109 Å². The number of unbranched alkanes of at least 4 members (excludes halogenated alkanes) is 19. The topological polar surface area (TPSA) is 78.9 Å². The molecular weight excluding hydrogens is 781 g/mol. The highest BCUT2D eigenvalue weighted by molar-refractivity contribution is 5.71. The Morgan fingerprint density at radius 3 is 1.24 bits per heavy atom. The Hall–Kier alpha value is -3.93. The van der Waals surface area contributed by atoms with Gasteiger partial charge in [0.1, 0.15) is 13.2 Å². The van der Waals surface area contributed by atoms with Crippen LogP contribution in [0, 0.1) is 0 Å². The monoisotopic (exact) mass is 873 g/mol.